The lowest BCUT2D eigenvalue weighted by Gasteiger charge is -2.15. The van der Waals surface area contributed by atoms with Gasteiger partial charge >= 0.3 is 0 Å². The minimum Gasteiger partial charge on any atom is -0.389 e. The van der Waals surface area contributed by atoms with Crippen LogP contribution in [0.1, 0.15) is 32.7 Å². The van der Waals surface area contributed by atoms with E-state index in [0.29, 0.717) is 24.0 Å². The summed E-state index contributed by atoms with van der Waals surface area (Å²) in [7, 11) is 0. The van der Waals surface area contributed by atoms with Gasteiger partial charge in [-0.15, -0.1) is 0 Å². The number of aliphatic hydroxyl groups excluding tert-OH is 1. The molecule has 1 aliphatic heterocycles. The fourth-order valence-electron chi connectivity index (χ4n) is 2.44. The maximum atomic E-state index is 12.2. The molecule has 1 unspecified atom stereocenters. The first kappa shape index (κ1) is 11.4. The molecule has 1 atom stereocenters. The van der Waals surface area contributed by atoms with E-state index in [9.17, 15) is 14.7 Å². The van der Waals surface area contributed by atoms with Gasteiger partial charge in [0, 0.05) is 17.5 Å². The largest absolute Gasteiger partial charge is 0.389 e. The second-order valence-corrected chi connectivity index (χ2v) is 4.57. The first-order chi connectivity index (χ1) is 8.66. The first-order valence-electron chi connectivity index (χ1n) is 5.95. The number of ketones is 1. The van der Waals surface area contributed by atoms with Crippen molar-refractivity contribution >= 4 is 11.7 Å². The lowest BCUT2D eigenvalue weighted by Crippen LogP contribution is -2.29. The number of aliphatic hydroxyl groups is 1. The maximum absolute atomic E-state index is 12.2. The Morgan fingerprint density at radius 1 is 1.39 bits per heavy atom. The second-order valence-electron chi connectivity index (χ2n) is 4.57. The van der Waals surface area contributed by atoms with E-state index in [1.165, 1.54) is 5.06 Å². The Hall–Kier alpha value is -1.72. The normalized spacial score (nSPS) is 22.4. The van der Waals surface area contributed by atoms with Crippen LogP contribution in [0.5, 0.6) is 0 Å². The van der Waals surface area contributed by atoms with Gasteiger partial charge in [0.15, 0.2) is 5.78 Å². The zero-order valence-corrected chi connectivity index (χ0v) is 9.76. The lowest BCUT2D eigenvalue weighted by molar-refractivity contribution is -0.0780. The summed E-state index contributed by atoms with van der Waals surface area (Å²) in [5.74, 6) is -0.194. The highest BCUT2D eigenvalue weighted by molar-refractivity contribution is 6.05. The number of Topliss-reactive ketones (excluding diaryl/α,β-unsaturated/α-hetero) is 1. The highest BCUT2D eigenvalue weighted by Crippen LogP contribution is 2.26. The third kappa shape index (κ3) is 1.72. The average Bonchev–Trinajstić information content (AvgIpc) is 2.96. The zero-order chi connectivity index (χ0) is 12.7. The van der Waals surface area contributed by atoms with Crippen LogP contribution in [-0.2, 0) is 11.3 Å². The summed E-state index contributed by atoms with van der Waals surface area (Å²) in [6.07, 6.45) is 0.433. The number of benzene rings is 1. The number of nitrogens with zero attached hydrogens (tertiary/aromatic N) is 1. The molecule has 0 saturated carbocycles. The molecule has 5 nitrogen and oxygen atoms in total. The topological polar surface area (TPSA) is 66.8 Å². The Kier molecular flexibility index (Phi) is 2.65. The molecule has 0 radical (unpaired) electrons. The molecule has 94 valence electrons. The van der Waals surface area contributed by atoms with E-state index >= 15 is 0 Å². The number of hydrogen-bond acceptors (Lipinski definition) is 4. The number of rotatable bonds is 1. The number of hydroxylamine groups is 2. The van der Waals surface area contributed by atoms with Crippen molar-refractivity contribution in [1.29, 1.82) is 0 Å². The summed E-state index contributed by atoms with van der Waals surface area (Å²) in [5.41, 5.74) is 1.95. The van der Waals surface area contributed by atoms with Crippen LogP contribution in [-0.4, -0.2) is 41.1 Å². The van der Waals surface area contributed by atoms with Gasteiger partial charge in [0.05, 0.1) is 6.54 Å². The van der Waals surface area contributed by atoms with Gasteiger partial charge in [-0.05, 0) is 18.1 Å². The minimum absolute atomic E-state index is 0.0852. The van der Waals surface area contributed by atoms with Crippen molar-refractivity contribution in [3.63, 3.8) is 0 Å². The number of hydrogen-bond donors (Lipinski definition) is 1. The SMILES string of the molecule is O=C1CCc2c1cccc2C(=O)N1CC(O)CO1. The predicted molar refractivity (Wildman–Crippen MR) is 62.1 cm³/mol. The average molecular weight is 247 g/mol. The van der Waals surface area contributed by atoms with Crippen LogP contribution < -0.4 is 0 Å². The van der Waals surface area contributed by atoms with E-state index in [1.807, 2.05) is 0 Å². The second kappa shape index (κ2) is 4.19. The fourth-order valence-corrected chi connectivity index (χ4v) is 2.44. The molecule has 1 heterocycles. The van der Waals surface area contributed by atoms with Gasteiger partial charge in [0.2, 0.25) is 0 Å². The predicted octanol–water partition coefficient (Wildman–Crippen LogP) is 0.564. The fraction of sp³-hybridized carbons (Fsp3) is 0.385. The molecule has 1 aromatic rings. The Morgan fingerprint density at radius 2 is 2.22 bits per heavy atom. The first-order valence-corrected chi connectivity index (χ1v) is 5.95. The third-order valence-electron chi connectivity index (χ3n) is 3.33. The molecule has 1 fully saturated rings. The van der Waals surface area contributed by atoms with Gasteiger partial charge in [-0.3, -0.25) is 14.4 Å². The van der Waals surface area contributed by atoms with Crippen LogP contribution in [0.15, 0.2) is 18.2 Å². The van der Waals surface area contributed by atoms with Crippen LogP contribution in [0.25, 0.3) is 0 Å². The molecule has 0 aromatic heterocycles. The summed E-state index contributed by atoms with van der Waals surface area (Å²) in [4.78, 5) is 29.0. The molecule has 5 heteroatoms. The van der Waals surface area contributed by atoms with Crippen molar-refractivity contribution in [1.82, 2.24) is 5.06 Å². The Labute approximate surface area is 104 Å². The number of amides is 1. The van der Waals surface area contributed by atoms with Gasteiger partial charge in [0.1, 0.15) is 12.7 Å². The molecule has 2 aliphatic rings. The number of carbonyl (C=O) groups is 2. The van der Waals surface area contributed by atoms with Crippen molar-refractivity contribution in [3.8, 4) is 0 Å². The number of fused-ring (bicyclic) bond motifs is 1. The van der Waals surface area contributed by atoms with E-state index in [4.69, 9.17) is 4.84 Å². The van der Waals surface area contributed by atoms with Gasteiger partial charge < -0.3 is 5.11 Å². The molecule has 18 heavy (non-hydrogen) atoms. The molecule has 1 aromatic carbocycles. The lowest BCUT2D eigenvalue weighted by atomic mass is 10.0. The van der Waals surface area contributed by atoms with Crippen molar-refractivity contribution < 1.29 is 19.5 Å². The molecule has 0 bridgehead atoms. The molecule has 3 rings (SSSR count). The molecule has 1 aliphatic carbocycles. The molecule has 0 spiro atoms. The molecule has 1 saturated heterocycles. The highest BCUT2D eigenvalue weighted by atomic mass is 16.7. The van der Waals surface area contributed by atoms with Gasteiger partial charge in [-0.1, -0.05) is 12.1 Å². The number of carbonyl (C=O) groups excluding carboxylic acids is 2. The van der Waals surface area contributed by atoms with Gasteiger partial charge in [-0.2, -0.15) is 0 Å². The van der Waals surface area contributed by atoms with E-state index < -0.39 is 6.10 Å². The van der Waals surface area contributed by atoms with Crippen LogP contribution in [0.3, 0.4) is 0 Å². The standard InChI is InChI=1S/C13H13NO4/c15-8-6-14(18-7-8)13(17)11-3-1-2-10-9(11)4-5-12(10)16/h1-3,8,15H,4-7H2. The Balaban J connectivity index is 1.94. The number of β-amino-alcohol motifs (C(OH)–C–C–N with tert-alkyl or cyclic N) is 1. The van der Waals surface area contributed by atoms with Crippen molar-refractivity contribution in [2.75, 3.05) is 13.2 Å². The van der Waals surface area contributed by atoms with E-state index in [2.05, 4.69) is 0 Å². The summed E-state index contributed by atoms with van der Waals surface area (Å²) < 4.78 is 0. The van der Waals surface area contributed by atoms with E-state index in [1.54, 1.807) is 18.2 Å². The summed E-state index contributed by atoms with van der Waals surface area (Å²) in [6.45, 7) is 0.316. The minimum atomic E-state index is -0.632. The molecular weight excluding hydrogens is 234 g/mol. The van der Waals surface area contributed by atoms with Crippen molar-refractivity contribution in [2.24, 2.45) is 0 Å². The van der Waals surface area contributed by atoms with E-state index in [-0.39, 0.29) is 24.8 Å². The monoisotopic (exact) mass is 247 g/mol. The van der Waals surface area contributed by atoms with Crippen LogP contribution in [0.2, 0.25) is 0 Å². The van der Waals surface area contributed by atoms with Crippen LogP contribution in [0.4, 0.5) is 0 Å². The summed E-state index contributed by atoms with van der Waals surface area (Å²) in [5, 5.41) is 10.5. The maximum Gasteiger partial charge on any atom is 0.277 e. The molecule has 1 N–H and O–H groups in total. The Bertz CT molecular complexity index is 526. The molecular formula is C13H13NO4. The Morgan fingerprint density at radius 3 is 2.94 bits per heavy atom. The van der Waals surface area contributed by atoms with E-state index in [0.717, 1.165) is 5.56 Å². The quantitative estimate of drug-likeness (QED) is 0.787. The molecule has 1 amide bonds. The van der Waals surface area contributed by atoms with Gasteiger partial charge in [-0.25, -0.2) is 5.06 Å². The summed E-state index contributed by atoms with van der Waals surface area (Å²) in [6, 6.07) is 5.16. The highest BCUT2D eigenvalue weighted by Gasteiger charge is 2.31. The van der Waals surface area contributed by atoms with Crippen LogP contribution in [0, 0.1) is 0 Å². The third-order valence-corrected chi connectivity index (χ3v) is 3.33. The smallest absolute Gasteiger partial charge is 0.277 e. The zero-order valence-electron chi connectivity index (χ0n) is 9.76. The van der Waals surface area contributed by atoms with Gasteiger partial charge in [0.25, 0.3) is 5.91 Å². The van der Waals surface area contributed by atoms with Crippen molar-refractivity contribution in [3.05, 3.63) is 34.9 Å². The summed E-state index contributed by atoms with van der Waals surface area (Å²) >= 11 is 0. The van der Waals surface area contributed by atoms with Crippen LogP contribution >= 0.6 is 0 Å². The van der Waals surface area contributed by atoms with Crippen molar-refractivity contribution in [2.45, 2.75) is 18.9 Å².